The summed E-state index contributed by atoms with van der Waals surface area (Å²) in [6.07, 6.45) is 0. The summed E-state index contributed by atoms with van der Waals surface area (Å²) < 4.78 is 12.7. The van der Waals surface area contributed by atoms with Crippen molar-refractivity contribution in [3.8, 4) is 33.4 Å². The van der Waals surface area contributed by atoms with Gasteiger partial charge in [-0.3, -0.25) is 0 Å². The standard InChI is InChI=1S/C52H32O2/c1-2-4-17-41(38-23-22-33-12-5-6-13-34(33)28-38)43-19-8-7-18-42(43)40(16-3-1)37-15-11-14-35(29-37)36-24-26-49-47(30-36)52-45-32-46-44-20-9-10-21-48(44)54-51(46)31-39(45)25-27-50(52)53-49/h1-32H. The van der Waals surface area contributed by atoms with E-state index in [1.165, 1.54) is 38.2 Å². The van der Waals surface area contributed by atoms with Gasteiger partial charge in [0.25, 0.3) is 0 Å². The molecule has 11 rings (SSSR count). The van der Waals surface area contributed by atoms with Gasteiger partial charge < -0.3 is 8.83 Å². The van der Waals surface area contributed by atoms with Crippen LogP contribution in [0.3, 0.4) is 0 Å². The Morgan fingerprint density at radius 1 is 0.241 bits per heavy atom. The SMILES string of the molecule is c1cccc(-c2ccc3ccccc3c2)c2ccccc2c(-c2cccc(-c3ccc4oc5ccc6cc7oc8ccccc8c7cc6c5c4c3)c2)cc1. The van der Waals surface area contributed by atoms with Crippen LogP contribution >= 0.6 is 0 Å². The summed E-state index contributed by atoms with van der Waals surface area (Å²) in [6.45, 7) is 0. The van der Waals surface area contributed by atoms with Crippen molar-refractivity contribution < 1.29 is 8.83 Å². The summed E-state index contributed by atoms with van der Waals surface area (Å²) in [6, 6.07) is 69.5. The first kappa shape index (κ1) is 30.5. The number of rotatable bonds is 3. The molecule has 0 saturated heterocycles. The average Bonchev–Trinajstić information content (AvgIpc) is 3.79. The van der Waals surface area contributed by atoms with Crippen molar-refractivity contribution in [2.24, 2.45) is 0 Å². The fourth-order valence-corrected chi connectivity index (χ4v) is 8.29. The maximum absolute atomic E-state index is 6.46. The van der Waals surface area contributed by atoms with E-state index < -0.39 is 0 Å². The Hall–Kier alpha value is -7.16. The van der Waals surface area contributed by atoms with E-state index in [9.17, 15) is 0 Å². The van der Waals surface area contributed by atoms with Crippen LogP contribution in [-0.2, 0) is 0 Å². The second kappa shape index (κ2) is 12.2. The van der Waals surface area contributed by atoms with Gasteiger partial charge in [-0.15, -0.1) is 0 Å². The smallest absolute Gasteiger partial charge is 0.136 e. The Morgan fingerprint density at radius 3 is 1.67 bits per heavy atom. The second-order valence-electron chi connectivity index (χ2n) is 14.0. The topological polar surface area (TPSA) is 26.3 Å². The number of hydrogen-bond donors (Lipinski definition) is 0. The zero-order chi connectivity index (χ0) is 35.6. The number of furan rings is 2. The van der Waals surface area contributed by atoms with Crippen LogP contribution in [0.15, 0.2) is 203 Å². The highest BCUT2D eigenvalue weighted by Crippen LogP contribution is 2.41. The van der Waals surface area contributed by atoms with E-state index in [0.717, 1.165) is 71.3 Å². The zero-order valence-electron chi connectivity index (χ0n) is 29.3. The molecule has 54 heavy (non-hydrogen) atoms. The van der Waals surface area contributed by atoms with Crippen LogP contribution in [0.1, 0.15) is 0 Å². The third kappa shape index (κ3) is 4.96. The summed E-state index contributed by atoms with van der Waals surface area (Å²) >= 11 is 0. The minimum Gasteiger partial charge on any atom is -0.456 e. The van der Waals surface area contributed by atoms with E-state index in [1.54, 1.807) is 0 Å². The molecule has 252 valence electrons. The van der Waals surface area contributed by atoms with Crippen molar-refractivity contribution in [3.05, 3.63) is 194 Å². The maximum Gasteiger partial charge on any atom is 0.136 e. The fourth-order valence-electron chi connectivity index (χ4n) is 8.29. The highest BCUT2D eigenvalue weighted by atomic mass is 16.3. The van der Waals surface area contributed by atoms with Crippen LogP contribution in [0.4, 0.5) is 0 Å². The lowest BCUT2D eigenvalue weighted by Gasteiger charge is -2.11. The Bertz CT molecular complexity index is 3340. The molecule has 11 aromatic rings. The first-order valence-corrected chi connectivity index (χ1v) is 18.4. The van der Waals surface area contributed by atoms with Gasteiger partial charge >= 0.3 is 0 Å². The van der Waals surface area contributed by atoms with Crippen LogP contribution in [0.2, 0.25) is 0 Å². The fraction of sp³-hybridized carbons (Fsp3) is 0. The van der Waals surface area contributed by atoms with Gasteiger partial charge in [-0.05, 0) is 114 Å². The van der Waals surface area contributed by atoms with E-state index in [4.69, 9.17) is 8.83 Å². The van der Waals surface area contributed by atoms with E-state index in [0.29, 0.717) is 0 Å². The largest absolute Gasteiger partial charge is 0.456 e. The number of hydrogen-bond acceptors (Lipinski definition) is 2. The number of para-hydroxylation sites is 1. The zero-order valence-corrected chi connectivity index (χ0v) is 29.3. The molecule has 0 bridgehead atoms. The van der Waals surface area contributed by atoms with Gasteiger partial charge in [-0.2, -0.15) is 0 Å². The number of benzene rings is 8. The summed E-state index contributed by atoms with van der Waals surface area (Å²) in [5.74, 6) is 0. The summed E-state index contributed by atoms with van der Waals surface area (Å²) in [7, 11) is 0. The highest BCUT2D eigenvalue weighted by molar-refractivity contribution is 6.23. The Morgan fingerprint density at radius 2 is 0.833 bits per heavy atom. The van der Waals surface area contributed by atoms with Gasteiger partial charge in [0.15, 0.2) is 0 Å². The third-order valence-electron chi connectivity index (χ3n) is 10.9. The molecular formula is C52H32O2. The van der Waals surface area contributed by atoms with E-state index in [1.807, 2.05) is 12.1 Å². The minimum absolute atomic E-state index is 0.879. The van der Waals surface area contributed by atoms with Gasteiger partial charge in [0.2, 0.25) is 0 Å². The van der Waals surface area contributed by atoms with Crippen molar-refractivity contribution in [1.82, 2.24) is 0 Å². The monoisotopic (exact) mass is 688 g/mol. The van der Waals surface area contributed by atoms with Crippen molar-refractivity contribution in [2.45, 2.75) is 0 Å². The Balaban J connectivity index is 1.09. The summed E-state index contributed by atoms with van der Waals surface area (Å²) in [5, 5.41) is 11.6. The molecule has 0 N–H and O–H groups in total. The Labute approximate surface area is 311 Å². The molecule has 0 radical (unpaired) electrons. The third-order valence-corrected chi connectivity index (χ3v) is 10.9. The van der Waals surface area contributed by atoms with Crippen LogP contribution in [0.25, 0.3) is 110 Å². The van der Waals surface area contributed by atoms with Gasteiger partial charge in [-0.1, -0.05) is 146 Å². The molecule has 0 atom stereocenters. The molecule has 2 heterocycles. The average molecular weight is 689 g/mol. The van der Waals surface area contributed by atoms with Crippen LogP contribution in [0, 0.1) is 0 Å². The number of fused-ring (bicyclic) bond motifs is 10. The van der Waals surface area contributed by atoms with E-state index in [-0.39, 0.29) is 0 Å². The molecular weight excluding hydrogens is 657 g/mol. The predicted octanol–water partition coefficient (Wildman–Crippen LogP) is 15.1. The summed E-state index contributed by atoms with van der Waals surface area (Å²) in [5.41, 5.74) is 10.6. The van der Waals surface area contributed by atoms with Gasteiger partial charge in [0, 0.05) is 21.5 Å². The predicted molar refractivity (Wildman–Crippen MR) is 227 cm³/mol. The van der Waals surface area contributed by atoms with Crippen LogP contribution in [-0.4, -0.2) is 0 Å². The van der Waals surface area contributed by atoms with Crippen molar-refractivity contribution in [3.63, 3.8) is 0 Å². The lowest BCUT2D eigenvalue weighted by atomic mass is 9.93. The van der Waals surface area contributed by atoms with Gasteiger partial charge in [0.1, 0.15) is 22.3 Å². The molecule has 9 aromatic carbocycles. The molecule has 0 saturated carbocycles. The van der Waals surface area contributed by atoms with Crippen molar-refractivity contribution in [1.29, 1.82) is 0 Å². The second-order valence-corrected chi connectivity index (χ2v) is 14.0. The molecule has 2 heteroatoms. The first-order chi connectivity index (χ1) is 26.7. The maximum atomic E-state index is 6.46. The van der Waals surface area contributed by atoms with Gasteiger partial charge in [-0.25, -0.2) is 0 Å². The molecule has 0 aliphatic carbocycles. The van der Waals surface area contributed by atoms with Crippen molar-refractivity contribution in [2.75, 3.05) is 0 Å². The molecule has 0 spiro atoms. The molecule has 0 amide bonds. The molecule has 0 aliphatic heterocycles. The molecule has 0 unspecified atom stereocenters. The normalized spacial score (nSPS) is 11.7. The van der Waals surface area contributed by atoms with E-state index in [2.05, 4.69) is 182 Å². The first-order valence-electron chi connectivity index (χ1n) is 18.4. The molecule has 0 aliphatic rings. The quantitative estimate of drug-likeness (QED) is 0.185. The molecule has 2 aromatic heterocycles. The minimum atomic E-state index is 0.879. The molecule has 2 nitrogen and oxygen atoms in total. The van der Waals surface area contributed by atoms with Crippen molar-refractivity contribution >= 4 is 76.2 Å². The molecule has 0 fully saturated rings. The van der Waals surface area contributed by atoms with Gasteiger partial charge in [0.05, 0.1) is 0 Å². The summed E-state index contributed by atoms with van der Waals surface area (Å²) in [4.78, 5) is 0. The highest BCUT2D eigenvalue weighted by Gasteiger charge is 2.16. The van der Waals surface area contributed by atoms with Crippen LogP contribution < -0.4 is 0 Å². The lowest BCUT2D eigenvalue weighted by Crippen LogP contribution is -1.85. The Kier molecular flexibility index (Phi) is 6.90. The lowest BCUT2D eigenvalue weighted by molar-refractivity contribution is 0.668. The van der Waals surface area contributed by atoms with E-state index >= 15 is 0 Å². The van der Waals surface area contributed by atoms with Crippen LogP contribution in [0.5, 0.6) is 0 Å².